The number of benzene rings is 2. The Hall–Kier alpha value is -2.45. The van der Waals surface area contributed by atoms with Gasteiger partial charge in [-0.2, -0.15) is 0 Å². The quantitative estimate of drug-likeness (QED) is 0.613. The molecule has 8 heteroatoms. The largest absolute Gasteiger partial charge is 0.352 e. The Kier molecular flexibility index (Phi) is 6.70. The second kappa shape index (κ2) is 8.77. The van der Waals surface area contributed by atoms with Crippen LogP contribution in [-0.4, -0.2) is 27.4 Å². The van der Waals surface area contributed by atoms with E-state index in [4.69, 9.17) is 5.73 Å². The molecule has 0 heterocycles. The van der Waals surface area contributed by atoms with E-state index in [0.29, 0.717) is 24.2 Å². The Morgan fingerprint density at radius 1 is 1.12 bits per heavy atom. The molecule has 140 valence electrons. The summed E-state index contributed by atoms with van der Waals surface area (Å²) >= 11 is 0. The first kappa shape index (κ1) is 19.9. The van der Waals surface area contributed by atoms with Crippen molar-refractivity contribution in [3.8, 4) is 0 Å². The van der Waals surface area contributed by atoms with Crippen LogP contribution in [-0.2, 0) is 10.0 Å². The summed E-state index contributed by atoms with van der Waals surface area (Å²) in [5, 5.41) is 2.76. The number of aryl methyl sites for hydroxylation is 1. The van der Waals surface area contributed by atoms with Crippen LogP contribution < -0.4 is 15.8 Å². The molecule has 0 fully saturated rings. The minimum atomic E-state index is -3.90. The highest BCUT2D eigenvalue weighted by Gasteiger charge is 2.18. The zero-order chi connectivity index (χ0) is 19.2. The molecule has 0 radical (unpaired) electrons. The molecule has 0 aromatic heterocycles. The molecule has 2 aromatic carbocycles. The average Bonchev–Trinajstić information content (AvgIpc) is 2.60. The van der Waals surface area contributed by atoms with Crippen LogP contribution >= 0.6 is 0 Å². The van der Waals surface area contributed by atoms with Crippen LogP contribution in [0.15, 0.2) is 47.4 Å². The van der Waals surface area contributed by atoms with E-state index < -0.39 is 15.8 Å². The van der Waals surface area contributed by atoms with Crippen molar-refractivity contribution in [2.24, 2.45) is 5.73 Å². The van der Waals surface area contributed by atoms with Gasteiger partial charge >= 0.3 is 0 Å². The third kappa shape index (κ3) is 5.27. The first-order chi connectivity index (χ1) is 12.3. The molecule has 2 aromatic rings. The van der Waals surface area contributed by atoms with Gasteiger partial charge < -0.3 is 11.1 Å². The highest BCUT2D eigenvalue weighted by Crippen LogP contribution is 2.19. The second-order valence-electron chi connectivity index (χ2n) is 5.84. The van der Waals surface area contributed by atoms with Crippen LogP contribution in [0.25, 0.3) is 0 Å². The molecule has 4 N–H and O–H groups in total. The summed E-state index contributed by atoms with van der Waals surface area (Å²) in [5.41, 5.74) is 6.61. The zero-order valence-corrected chi connectivity index (χ0v) is 15.3. The van der Waals surface area contributed by atoms with Crippen LogP contribution in [0, 0.1) is 12.7 Å². The first-order valence-electron chi connectivity index (χ1n) is 8.21. The van der Waals surface area contributed by atoms with Crippen molar-refractivity contribution in [2.75, 3.05) is 17.8 Å². The van der Waals surface area contributed by atoms with Crippen LogP contribution in [0.3, 0.4) is 0 Å². The molecule has 0 spiro atoms. The number of rotatable bonds is 8. The summed E-state index contributed by atoms with van der Waals surface area (Å²) in [6.45, 7) is 2.76. The lowest BCUT2D eigenvalue weighted by molar-refractivity contribution is 0.0952. The summed E-state index contributed by atoms with van der Waals surface area (Å²) < 4.78 is 40.4. The van der Waals surface area contributed by atoms with Crippen molar-refractivity contribution in [3.63, 3.8) is 0 Å². The summed E-state index contributed by atoms with van der Waals surface area (Å²) in [6, 6.07) is 9.30. The predicted molar refractivity (Wildman–Crippen MR) is 99.0 cm³/mol. The van der Waals surface area contributed by atoms with Gasteiger partial charge in [0.2, 0.25) is 0 Å². The summed E-state index contributed by atoms with van der Waals surface area (Å²) in [6.07, 6.45) is 1.56. The Labute approximate surface area is 152 Å². The molecular weight excluding hydrogens is 357 g/mol. The zero-order valence-electron chi connectivity index (χ0n) is 14.5. The number of unbranched alkanes of at least 4 members (excludes halogenated alkanes) is 1. The fraction of sp³-hybridized carbons (Fsp3) is 0.278. The van der Waals surface area contributed by atoms with Gasteiger partial charge in [-0.15, -0.1) is 0 Å². The Morgan fingerprint density at radius 2 is 1.81 bits per heavy atom. The van der Waals surface area contributed by atoms with Gasteiger partial charge in [-0.05, 0) is 68.3 Å². The van der Waals surface area contributed by atoms with Crippen LogP contribution in [0.1, 0.15) is 28.8 Å². The van der Waals surface area contributed by atoms with Gasteiger partial charge in [0.1, 0.15) is 5.82 Å². The van der Waals surface area contributed by atoms with E-state index in [1.54, 1.807) is 13.0 Å². The van der Waals surface area contributed by atoms with E-state index in [2.05, 4.69) is 10.0 Å². The van der Waals surface area contributed by atoms with Gasteiger partial charge in [0.05, 0.1) is 4.90 Å². The summed E-state index contributed by atoms with van der Waals surface area (Å²) in [7, 11) is -3.90. The minimum absolute atomic E-state index is 0.0421. The summed E-state index contributed by atoms with van der Waals surface area (Å²) in [4.78, 5) is 12.3. The monoisotopic (exact) mass is 379 g/mol. The van der Waals surface area contributed by atoms with Gasteiger partial charge in [0.15, 0.2) is 0 Å². The third-order valence-electron chi connectivity index (χ3n) is 3.78. The fourth-order valence-electron chi connectivity index (χ4n) is 2.31. The van der Waals surface area contributed by atoms with Gasteiger partial charge in [-0.3, -0.25) is 9.52 Å². The van der Waals surface area contributed by atoms with Gasteiger partial charge in [0, 0.05) is 17.8 Å². The van der Waals surface area contributed by atoms with Crippen molar-refractivity contribution >= 4 is 21.6 Å². The first-order valence-corrected chi connectivity index (χ1v) is 9.69. The lowest BCUT2D eigenvalue weighted by Crippen LogP contribution is -2.26. The molecule has 0 aliphatic rings. The molecule has 0 aliphatic heterocycles. The Morgan fingerprint density at radius 3 is 2.46 bits per heavy atom. The number of amides is 1. The van der Waals surface area contributed by atoms with E-state index in [1.807, 2.05) is 0 Å². The van der Waals surface area contributed by atoms with Crippen LogP contribution in [0.5, 0.6) is 0 Å². The Bertz CT molecular complexity index is 868. The SMILES string of the molecule is Cc1ccc(S(=O)(=O)Nc2ccc(F)cc2)cc1C(=O)NCCCCN. The minimum Gasteiger partial charge on any atom is -0.352 e. The maximum absolute atomic E-state index is 13.0. The van der Waals surface area contributed by atoms with Crippen molar-refractivity contribution in [1.29, 1.82) is 0 Å². The van der Waals surface area contributed by atoms with Crippen molar-refractivity contribution in [2.45, 2.75) is 24.7 Å². The second-order valence-corrected chi connectivity index (χ2v) is 7.52. The summed E-state index contributed by atoms with van der Waals surface area (Å²) in [5.74, 6) is -0.796. The number of hydrogen-bond acceptors (Lipinski definition) is 4. The molecule has 0 unspecified atom stereocenters. The molecule has 1 amide bonds. The van der Waals surface area contributed by atoms with Gasteiger partial charge in [-0.1, -0.05) is 6.07 Å². The normalized spacial score (nSPS) is 11.2. The number of anilines is 1. The molecule has 6 nitrogen and oxygen atoms in total. The highest BCUT2D eigenvalue weighted by atomic mass is 32.2. The predicted octanol–water partition coefficient (Wildman–Crippen LogP) is 2.40. The standard InChI is InChI=1S/C18H22FN3O3S/c1-13-4-9-16(12-17(13)18(23)21-11-3-2-10-20)26(24,25)22-15-7-5-14(19)6-8-15/h4-9,12,22H,2-3,10-11,20H2,1H3,(H,21,23). The molecule has 26 heavy (non-hydrogen) atoms. The molecule has 0 aliphatic carbocycles. The molecular formula is C18H22FN3O3S. The van der Waals surface area contributed by atoms with E-state index in [9.17, 15) is 17.6 Å². The number of nitrogens with two attached hydrogens (primary N) is 1. The maximum Gasteiger partial charge on any atom is 0.261 e. The topological polar surface area (TPSA) is 101 Å². The van der Waals surface area contributed by atoms with E-state index >= 15 is 0 Å². The molecule has 0 saturated carbocycles. The van der Waals surface area contributed by atoms with Gasteiger partial charge in [0.25, 0.3) is 15.9 Å². The molecule has 0 bridgehead atoms. The number of carbonyl (C=O) groups is 1. The van der Waals surface area contributed by atoms with Crippen LogP contribution in [0.2, 0.25) is 0 Å². The van der Waals surface area contributed by atoms with Crippen molar-refractivity contribution in [1.82, 2.24) is 5.32 Å². The highest BCUT2D eigenvalue weighted by molar-refractivity contribution is 7.92. The smallest absolute Gasteiger partial charge is 0.261 e. The average molecular weight is 379 g/mol. The lowest BCUT2D eigenvalue weighted by Gasteiger charge is -2.12. The number of nitrogens with one attached hydrogen (secondary N) is 2. The van der Waals surface area contributed by atoms with Crippen molar-refractivity contribution in [3.05, 3.63) is 59.4 Å². The lowest BCUT2D eigenvalue weighted by atomic mass is 10.1. The Balaban J connectivity index is 2.18. The molecule has 0 saturated heterocycles. The number of sulfonamides is 1. The third-order valence-corrected chi connectivity index (χ3v) is 5.16. The van der Waals surface area contributed by atoms with E-state index in [0.717, 1.165) is 25.0 Å². The molecule has 0 atom stereocenters. The van der Waals surface area contributed by atoms with Gasteiger partial charge in [-0.25, -0.2) is 12.8 Å². The van der Waals surface area contributed by atoms with E-state index in [1.165, 1.54) is 24.3 Å². The van der Waals surface area contributed by atoms with Crippen LogP contribution in [0.4, 0.5) is 10.1 Å². The maximum atomic E-state index is 13.0. The number of carbonyl (C=O) groups excluding carboxylic acids is 1. The van der Waals surface area contributed by atoms with Crippen molar-refractivity contribution < 1.29 is 17.6 Å². The fourth-order valence-corrected chi connectivity index (χ4v) is 3.40. The van der Waals surface area contributed by atoms with E-state index in [-0.39, 0.29) is 16.5 Å². The number of hydrogen-bond donors (Lipinski definition) is 3. The molecule has 2 rings (SSSR count). The number of halogens is 1.